The van der Waals surface area contributed by atoms with Crippen LogP contribution in [0.3, 0.4) is 0 Å². The van der Waals surface area contributed by atoms with Gasteiger partial charge in [0.1, 0.15) is 5.82 Å². The lowest BCUT2D eigenvalue weighted by Gasteiger charge is -2.15. The number of nitrogens with zero attached hydrogens (tertiary/aromatic N) is 2. The first-order valence-electron chi connectivity index (χ1n) is 12.9. The average Bonchev–Trinajstić information content (AvgIpc) is 3.28. The van der Waals surface area contributed by atoms with Crippen LogP contribution in [0.5, 0.6) is 0 Å². The summed E-state index contributed by atoms with van der Waals surface area (Å²) in [5.74, 6) is -0.691. The van der Waals surface area contributed by atoms with Crippen molar-refractivity contribution >= 4 is 29.0 Å². The largest absolute Gasteiger partial charge is 0.481 e. The number of anilines is 1. The van der Waals surface area contributed by atoms with E-state index in [2.05, 4.69) is 61.3 Å². The lowest BCUT2D eigenvalue weighted by Crippen LogP contribution is -2.17. The summed E-state index contributed by atoms with van der Waals surface area (Å²) in [6, 6.07) is 28.0. The van der Waals surface area contributed by atoms with Crippen LogP contribution < -0.4 is 5.01 Å². The van der Waals surface area contributed by atoms with E-state index in [1.54, 1.807) is 12.1 Å². The highest BCUT2D eigenvalue weighted by Crippen LogP contribution is 2.29. The summed E-state index contributed by atoms with van der Waals surface area (Å²) in [6.07, 6.45) is 0.829. The molecule has 6 heteroatoms. The van der Waals surface area contributed by atoms with Crippen LogP contribution in [-0.4, -0.2) is 23.3 Å². The van der Waals surface area contributed by atoms with E-state index in [0.29, 0.717) is 11.5 Å². The van der Waals surface area contributed by atoms with E-state index < -0.39 is 5.97 Å². The maximum atomic E-state index is 14.3. The van der Waals surface area contributed by atoms with Gasteiger partial charge in [-0.05, 0) is 84.5 Å². The van der Waals surface area contributed by atoms with Gasteiger partial charge < -0.3 is 5.11 Å². The Morgan fingerprint density at radius 2 is 1.72 bits per heavy atom. The van der Waals surface area contributed by atoms with E-state index in [1.165, 1.54) is 11.1 Å². The van der Waals surface area contributed by atoms with Crippen molar-refractivity contribution in [3.8, 4) is 11.1 Å². The highest BCUT2D eigenvalue weighted by Gasteiger charge is 2.25. The molecule has 1 aliphatic rings. The van der Waals surface area contributed by atoms with Crippen LogP contribution in [0, 0.1) is 25.6 Å². The first kappa shape index (κ1) is 28.1. The zero-order chi connectivity index (χ0) is 28.1. The van der Waals surface area contributed by atoms with Gasteiger partial charge in [-0.1, -0.05) is 72.6 Å². The van der Waals surface area contributed by atoms with Crippen molar-refractivity contribution in [1.82, 2.24) is 0 Å². The van der Waals surface area contributed by atoms with Gasteiger partial charge >= 0.3 is 0 Å². The number of hydrazone groups is 1. The minimum absolute atomic E-state index is 0.184. The van der Waals surface area contributed by atoms with Gasteiger partial charge in [0.15, 0.2) is 0 Å². The molecule has 1 aliphatic heterocycles. The van der Waals surface area contributed by atoms with Crippen LogP contribution in [0.25, 0.3) is 11.1 Å². The number of hydrogen-bond donors (Lipinski definition) is 1. The molecule has 0 fully saturated rings. The zero-order valence-corrected chi connectivity index (χ0v) is 23.3. The number of halogens is 2. The molecular weight excluding hydrogens is 511 g/mol. The zero-order valence-electron chi connectivity index (χ0n) is 22.6. The van der Waals surface area contributed by atoms with Crippen molar-refractivity contribution in [1.29, 1.82) is 0 Å². The smallest absolute Gasteiger partial charge is 0.300 e. The Balaban J connectivity index is 0.000000826. The number of rotatable bonds is 5. The van der Waals surface area contributed by atoms with Gasteiger partial charge in [-0.15, -0.1) is 0 Å². The predicted molar refractivity (Wildman–Crippen MR) is 158 cm³/mol. The van der Waals surface area contributed by atoms with Gasteiger partial charge in [0, 0.05) is 30.0 Å². The number of carboxylic acids is 1. The van der Waals surface area contributed by atoms with E-state index in [1.807, 2.05) is 37.3 Å². The van der Waals surface area contributed by atoms with Gasteiger partial charge in [0.25, 0.3) is 5.97 Å². The quantitative estimate of drug-likeness (QED) is 0.276. The molecule has 0 spiro atoms. The molecule has 0 amide bonds. The number of benzene rings is 4. The predicted octanol–water partition coefficient (Wildman–Crippen LogP) is 8.31. The molecule has 1 atom stereocenters. The Hall–Kier alpha value is -3.96. The minimum Gasteiger partial charge on any atom is -0.481 e. The van der Waals surface area contributed by atoms with Crippen LogP contribution in [-0.2, 0) is 11.2 Å². The summed E-state index contributed by atoms with van der Waals surface area (Å²) in [4.78, 5) is 9.00. The third kappa shape index (κ3) is 7.12. The Morgan fingerprint density at radius 3 is 2.38 bits per heavy atom. The molecule has 0 saturated heterocycles. The number of hydrogen-bond acceptors (Lipinski definition) is 3. The summed E-state index contributed by atoms with van der Waals surface area (Å²) in [5.41, 5.74) is 9.49. The van der Waals surface area contributed by atoms with Crippen molar-refractivity contribution in [2.45, 2.75) is 34.1 Å². The third-order valence-corrected chi connectivity index (χ3v) is 6.90. The number of aliphatic carboxylic acids is 1. The van der Waals surface area contributed by atoms with Crippen molar-refractivity contribution in [2.75, 3.05) is 11.6 Å². The molecule has 0 bridgehead atoms. The van der Waals surface area contributed by atoms with Crippen molar-refractivity contribution in [3.05, 3.63) is 124 Å². The van der Waals surface area contributed by atoms with Crippen LogP contribution in [0.15, 0.2) is 90.0 Å². The van der Waals surface area contributed by atoms with E-state index >= 15 is 0 Å². The van der Waals surface area contributed by atoms with E-state index in [-0.39, 0.29) is 5.82 Å². The summed E-state index contributed by atoms with van der Waals surface area (Å²) < 4.78 is 14.3. The highest BCUT2D eigenvalue weighted by atomic mass is 35.5. The molecule has 1 N–H and O–H groups in total. The second-order valence-corrected chi connectivity index (χ2v) is 10.4. The summed E-state index contributed by atoms with van der Waals surface area (Å²) in [5, 5.41) is 15.1. The van der Waals surface area contributed by atoms with Crippen molar-refractivity contribution in [3.63, 3.8) is 0 Å². The van der Waals surface area contributed by atoms with Crippen LogP contribution in [0.2, 0.25) is 5.02 Å². The summed E-state index contributed by atoms with van der Waals surface area (Å²) in [6.45, 7) is 8.21. The van der Waals surface area contributed by atoms with Gasteiger partial charge in [-0.3, -0.25) is 9.80 Å². The molecule has 0 aliphatic carbocycles. The van der Waals surface area contributed by atoms with Crippen molar-refractivity contribution in [2.24, 2.45) is 11.0 Å². The number of carbonyl (C=O) groups is 1. The molecule has 39 heavy (non-hydrogen) atoms. The fourth-order valence-electron chi connectivity index (χ4n) is 4.70. The fourth-order valence-corrected chi connectivity index (χ4v) is 4.89. The average molecular weight is 543 g/mol. The molecule has 5 rings (SSSR count). The van der Waals surface area contributed by atoms with E-state index in [0.717, 1.165) is 58.6 Å². The first-order valence-corrected chi connectivity index (χ1v) is 13.2. The van der Waals surface area contributed by atoms with Crippen LogP contribution >= 0.6 is 11.6 Å². The number of aryl methyl sites for hydroxylation is 2. The topological polar surface area (TPSA) is 52.9 Å². The van der Waals surface area contributed by atoms with Gasteiger partial charge in [-0.2, -0.15) is 5.10 Å². The van der Waals surface area contributed by atoms with Gasteiger partial charge in [0.05, 0.1) is 11.4 Å². The Bertz CT molecular complexity index is 1510. The standard InChI is InChI=1S/C31H28ClFN2.C2H4O2/c1-20-7-14-30(33)29(15-20)25-11-10-24(21(2)16-25)17-23-8-12-28(13-9-23)35-19-22(3)31(34-35)26-5-4-6-27(32)18-26;1-2(3)4/h4-16,18,22H,17,19H2,1-3H3;1H3,(H,3,4)/t22-;/m0./s1. The maximum Gasteiger partial charge on any atom is 0.300 e. The summed E-state index contributed by atoms with van der Waals surface area (Å²) >= 11 is 6.19. The molecule has 0 saturated carbocycles. The molecule has 4 aromatic rings. The Labute approximate surface area is 234 Å². The third-order valence-electron chi connectivity index (χ3n) is 6.67. The van der Waals surface area contributed by atoms with Crippen LogP contribution in [0.1, 0.15) is 41.7 Å². The van der Waals surface area contributed by atoms with E-state index in [4.69, 9.17) is 26.6 Å². The van der Waals surface area contributed by atoms with Crippen LogP contribution in [0.4, 0.5) is 10.1 Å². The fraction of sp³-hybridized carbons (Fsp3) is 0.212. The van der Waals surface area contributed by atoms with Gasteiger partial charge in [-0.25, -0.2) is 4.39 Å². The maximum absolute atomic E-state index is 14.3. The molecule has 200 valence electrons. The monoisotopic (exact) mass is 542 g/mol. The summed E-state index contributed by atoms with van der Waals surface area (Å²) in [7, 11) is 0. The lowest BCUT2D eigenvalue weighted by molar-refractivity contribution is -0.134. The molecule has 4 nitrogen and oxygen atoms in total. The Morgan fingerprint density at radius 1 is 1.00 bits per heavy atom. The minimum atomic E-state index is -0.833. The van der Waals surface area contributed by atoms with E-state index in [9.17, 15) is 4.39 Å². The number of carboxylic acid groups (broad SMARTS) is 1. The van der Waals surface area contributed by atoms with Gasteiger partial charge in [0.2, 0.25) is 0 Å². The lowest BCUT2D eigenvalue weighted by atomic mass is 9.95. The molecule has 0 radical (unpaired) electrons. The highest BCUT2D eigenvalue weighted by molar-refractivity contribution is 6.31. The molecule has 0 unspecified atom stereocenters. The molecular formula is C33H32ClFN2O2. The second kappa shape index (κ2) is 12.3. The second-order valence-electron chi connectivity index (χ2n) is 9.97. The molecule has 0 aromatic heterocycles. The van der Waals surface area contributed by atoms with Crippen molar-refractivity contribution < 1.29 is 14.3 Å². The Kier molecular flexibility index (Phi) is 8.82. The first-order chi connectivity index (χ1) is 18.6. The SMILES string of the molecule is CC(=O)O.Cc1ccc(F)c(-c2ccc(Cc3ccc(N4C[C@H](C)C(c5cccc(Cl)c5)=N4)cc3)c(C)c2)c1. The molecule has 1 heterocycles. The normalized spacial score (nSPS) is 14.5. The molecule has 4 aromatic carbocycles.